The molecule has 2 fully saturated rings. The smallest absolute Gasteiger partial charge is 0.303 e. The molecule has 1 aromatic carbocycles. The summed E-state index contributed by atoms with van der Waals surface area (Å²) in [6.45, 7) is 6.20. The molecule has 0 saturated heterocycles. The Kier molecular flexibility index (Phi) is 6.29. The minimum atomic E-state index is -0.268. The van der Waals surface area contributed by atoms with Gasteiger partial charge in [-0.2, -0.15) is 0 Å². The van der Waals surface area contributed by atoms with E-state index in [1.807, 2.05) is 18.2 Å². The second-order valence-electron chi connectivity index (χ2n) is 9.59. The predicted molar refractivity (Wildman–Crippen MR) is 120 cm³/mol. The number of aromatic nitrogens is 1. The van der Waals surface area contributed by atoms with Crippen LogP contribution in [0.1, 0.15) is 83.2 Å². The number of Topliss-reactive ketones (excluding diaryl/α,β-unsaturated/α-hetero) is 1. The molecule has 0 radical (unpaired) electrons. The first-order valence-electron chi connectivity index (χ1n) is 11.4. The molecule has 2 saturated carbocycles. The zero-order valence-corrected chi connectivity index (χ0v) is 19.2. The Bertz CT molecular complexity index is 889. The van der Waals surface area contributed by atoms with Crippen LogP contribution in [0.2, 0.25) is 0 Å². The molecule has 1 aromatic heterocycles. The number of fused-ring (bicyclic) bond motifs is 2. The number of thiazole rings is 1. The summed E-state index contributed by atoms with van der Waals surface area (Å²) < 4.78 is 6.79. The fourth-order valence-electron chi connectivity index (χ4n) is 6.19. The van der Waals surface area contributed by atoms with Gasteiger partial charge in [-0.1, -0.05) is 32.4 Å². The molecule has 4 nitrogen and oxygen atoms in total. The van der Waals surface area contributed by atoms with Gasteiger partial charge in [0.25, 0.3) is 0 Å². The van der Waals surface area contributed by atoms with Gasteiger partial charge in [-0.15, -0.1) is 11.3 Å². The molecule has 0 spiro atoms. The lowest BCUT2D eigenvalue weighted by molar-refractivity contribution is -0.147. The van der Waals surface area contributed by atoms with E-state index in [4.69, 9.17) is 9.72 Å². The van der Waals surface area contributed by atoms with E-state index in [-0.39, 0.29) is 23.4 Å². The fourth-order valence-corrected chi connectivity index (χ4v) is 7.22. The second-order valence-corrected chi connectivity index (χ2v) is 10.7. The predicted octanol–water partition coefficient (Wildman–Crippen LogP) is 6.49. The summed E-state index contributed by atoms with van der Waals surface area (Å²) in [5, 5.41) is 0.893. The standard InChI is InChI=1S/C25H33NO3S/c1-16(18-13-14-19-21(28)10-7-15-25(18,19)3)8-6-11-22(29-17(2)27)24-26-20-9-4-5-12-23(20)30-24/h4-5,9,12,16,18-19,22H,6-8,10-11,13-15H2,1-3H3. The van der Waals surface area contributed by atoms with Crippen molar-refractivity contribution < 1.29 is 14.3 Å². The highest BCUT2D eigenvalue weighted by Gasteiger charge is 2.52. The summed E-state index contributed by atoms with van der Waals surface area (Å²) in [5.74, 6) is 1.75. The number of hydrogen-bond donors (Lipinski definition) is 0. The average molecular weight is 428 g/mol. The molecule has 5 unspecified atom stereocenters. The van der Waals surface area contributed by atoms with E-state index in [2.05, 4.69) is 19.9 Å². The number of benzene rings is 1. The van der Waals surface area contributed by atoms with E-state index in [0.717, 1.165) is 53.7 Å². The number of carbonyl (C=O) groups is 2. The second kappa shape index (κ2) is 8.78. The van der Waals surface area contributed by atoms with Crippen LogP contribution < -0.4 is 0 Å². The van der Waals surface area contributed by atoms with Crippen LogP contribution in [0.5, 0.6) is 0 Å². The van der Waals surface area contributed by atoms with E-state index >= 15 is 0 Å². The minimum absolute atomic E-state index is 0.192. The van der Waals surface area contributed by atoms with Crippen LogP contribution in [0.4, 0.5) is 0 Å². The number of ether oxygens (including phenoxy) is 1. The molecular formula is C25H33NO3S. The third-order valence-corrected chi connectivity index (χ3v) is 8.77. The van der Waals surface area contributed by atoms with Gasteiger partial charge in [0.1, 0.15) is 10.8 Å². The average Bonchev–Trinajstić information content (AvgIpc) is 3.28. The molecule has 5 heteroatoms. The molecular weight excluding hydrogens is 394 g/mol. The SMILES string of the molecule is CC(=O)OC(CCCC(C)C1CCC2C(=O)CCCC21C)c1nc2ccccc2s1. The molecule has 30 heavy (non-hydrogen) atoms. The number of rotatable bonds is 7. The quantitative estimate of drug-likeness (QED) is 0.474. The maximum Gasteiger partial charge on any atom is 0.303 e. The third kappa shape index (κ3) is 4.18. The lowest BCUT2D eigenvalue weighted by Crippen LogP contribution is -2.39. The molecule has 2 aliphatic rings. The van der Waals surface area contributed by atoms with Crippen molar-refractivity contribution in [2.45, 2.75) is 78.2 Å². The maximum atomic E-state index is 12.4. The highest BCUT2D eigenvalue weighted by atomic mass is 32.1. The Morgan fingerprint density at radius 3 is 2.87 bits per heavy atom. The summed E-state index contributed by atoms with van der Waals surface area (Å²) in [6.07, 6.45) is 7.93. The lowest BCUT2D eigenvalue weighted by atomic mass is 9.62. The largest absolute Gasteiger partial charge is 0.455 e. The van der Waals surface area contributed by atoms with E-state index in [9.17, 15) is 9.59 Å². The number of para-hydroxylation sites is 1. The summed E-state index contributed by atoms with van der Waals surface area (Å²) in [6, 6.07) is 8.06. The Morgan fingerprint density at radius 2 is 2.10 bits per heavy atom. The lowest BCUT2D eigenvalue weighted by Gasteiger charge is -2.42. The van der Waals surface area contributed by atoms with Crippen molar-refractivity contribution in [3.8, 4) is 0 Å². The van der Waals surface area contributed by atoms with Crippen LogP contribution >= 0.6 is 11.3 Å². The summed E-state index contributed by atoms with van der Waals surface area (Å²) in [7, 11) is 0. The number of ketones is 1. The van der Waals surface area contributed by atoms with E-state index in [1.54, 1.807) is 11.3 Å². The van der Waals surface area contributed by atoms with Gasteiger partial charge >= 0.3 is 5.97 Å². The molecule has 2 aromatic rings. The van der Waals surface area contributed by atoms with Crippen molar-refractivity contribution in [1.82, 2.24) is 4.98 Å². The molecule has 0 N–H and O–H groups in total. The van der Waals surface area contributed by atoms with Crippen molar-refractivity contribution in [1.29, 1.82) is 0 Å². The monoisotopic (exact) mass is 427 g/mol. The van der Waals surface area contributed by atoms with Crippen LogP contribution in [-0.2, 0) is 14.3 Å². The van der Waals surface area contributed by atoms with Crippen molar-refractivity contribution in [3.63, 3.8) is 0 Å². The number of hydrogen-bond acceptors (Lipinski definition) is 5. The number of nitrogens with zero attached hydrogens (tertiary/aromatic N) is 1. The summed E-state index contributed by atoms with van der Waals surface area (Å²) >= 11 is 1.62. The van der Waals surface area contributed by atoms with Crippen molar-refractivity contribution in [2.75, 3.05) is 0 Å². The first kappa shape index (κ1) is 21.5. The molecule has 5 atom stereocenters. The minimum Gasteiger partial charge on any atom is -0.455 e. The van der Waals surface area contributed by atoms with Crippen molar-refractivity contribution in [3.05, 3.63) is 29.3 Å². The topological polar surface area (TPSA) is 56.3 Å². The Hall–Kier alpha value is -1.75. The molecule has 2 aliphatic carbocycles. The number of carbonyl (C=O) groups excluding carboxylic acids is 2. The highest BCUT2D eigenvalue weighted by molar-refractivity contribution is 7.18. The number of esters is 1. The van der Waals surface area contributed by atoms with E-state index in [1.165, 1.54) is 19.8 Å². The zero-order valence-electron chi connectivity index (χ0n) is 18.4. The van der Waals surface area contributed by atoms with Crippen LogP contribution in [0.15, 0.2) is 24.3 Å². The summed E-state index contributed by atoms with van der Waals surface area (Å²) in [5.41, 5.74) is 1.16. The third-order valence-electron chi connectivity index (χ3n) is 7.64. The van der Waals surface area contributed by atoms with Gasteiger partial charge in [0.05, 0.1) is 10.2 Å². The first-order valence-corrected chi connectivity index (χ1v) is 12.3. The Morgan fingerprint density at radius 1 is 1.30 bits per heavy atom. The molecule has 1 heterocycles. The molecule has 0 aliphatic heterocycles. The van der Waals surface area contributed by atoms with Gasteiger partial charge in [0.2, 0.25) is 0 Å². The van der Waals surface area contributed by atoms with E-state index in [0.29, 0.717) is 17.6 Å². The van der Waals surface area contributed by atoms with Crippen LogP contribution in [0, 0.1) is 23.2 Å². The van der Waals surface area contributed by atoms with Crippen LogP contribution in [0.3, 0.4) is 0 Å². The van der Waals surface area contributed by atoms with Gasteiger partial charge in [-0.05, 0) is 67.9 Å². The highest BCUT2D eigenvalue weighted by Crippen LogP contribution is 2.57. The van der Waals surface area contributed by atoms with Crippen molar-refractivity contribution in [2.24, 2.45) is 23.2 Å². The van der Waals surface area contributed by atoms with Gasteiger partial charge < -0.3 is 4.74 Å². The zero-order chi connectivity index (χ0) is 21.3. The van der Waals surface area contributed by atoms with Gasteiger partial charge in [-0.3, -0.25) is 9.59 Å². The molecule has 0 amide bonds. The van der Waals surface area contributed by atoms with E-state index < -0.39 is 0 Å². The first-order chi connectivity index (χ1) is 14.4. The van der Waals surface area contributed by atoms with Gasteiger partial charge in [0.15, 0.2) is 6.10 Å². The Balaban J connectivity index is 1.39. The molecule has 4 rings (SSSR count). The van der Waals surface area contributed by atoms with Gasteiger partial charge in [-0.25, -0.2) is 4.98 Å². The van der Waals surface area contributed by atoms with Crippen molar-refractivity contribution >= 4 is 33.3 Å². The van der Waals surface area contributed by atoms with Crippen LogP contribution in [0.25, 0.3) is 10.2 Å². The molecule has 162 valence electrons. The fraction of sp³-hybridized carbons (Fsp3) is 0.640. The molecule has 0 bridgehead atoms. The normalized spacial score (nSPS) is 28.3. The summed E-state index contributed by atoms with van der Waals surface area (Å²) in [4.78, 5) is 28.9. The maximum absolute atomic E-state index is 12.4. The Labute approximate surface area is 183 Å². The van der Waals surface area contributed by atoms with Crippen LogP contribution in [-0.4, -0.2) is 16.7 Å². The van der Waals surface area contributed by atoms with Gasteiger partial charge in [0, 0.05) is 19.3 Å².